The first-order chi connectivity index (χ1) is 17.7. The fourth-order valence-electron chi connectivity index (χ4n) is 3.56. The summed E-state index contributed by atoms with van der Waals surface area (Å²) >= 11 is 7.83. The van der Waals surface area contributed by atoms with Crippen LogP contribution >= 0.6 is 61.1 Å². The van der Waals surface area contributed by atoms with Gasteiger partial charge in [0, 0.05) is 22.5 Å². The molecule has 0 aliphatic carbocycles. The number of aromatic nitrogens is 2. The first-order valence-corrected chi connectivity index (χ1v) is 14.2. The molecule has 0 fully saturated rings. The van der Waals surface area contributed by atoms with Crippen molar-refractivity contribution in [2.45, 2.75) is 32.8 Å². The van der Waals surface area contributed by atoms with Crippen molar-refractivity contribution in [3.05, 3.63) is 104 Å². The van der Waals surface area contributed by atoms with E-state index in [1.54, 1.807) is 24.4 Å². The number of halogens is 3. The molecule has 0 N–H and O–H groups in total. The van der Waals surface area contributed by atoms with Gasteiger partial charge in [-0.1, -0.05) is 29.8 Å². The third kappa shape index (κ3) is 6.37. The van der Waals surface area contributed by atoms with Gasteiger partial charge in [0.15, 0.2) is 0 Å². The summed E-state index contributed by atoms with van der Waals surface area (Å²) in [4.78, 5) is 28.5. The Labute approximate surface area is 248 Å². The van der Waals surface area contributed by atoms with E-state index in [2.05, 4.69) is 73.1 Å². The summed E-state index contributed by atoms with van der Waals surface area (Å²) in [6.45, 7) is 4.36. The molecular formula is C26H21BrI2N4O4. The van der Waals surface area contributed by atoms with Gasteiger partial charge in [0.1, 0.15) is 18.2 Å². The molecule has 0 unspecified atom stereocenters. The number of nitrogens with zero attached hydrogens (tertiary/aromatic N) is 4. The van der Waals surface area contributed by atoms with Crippen molar-refractivity contribution in [1.82, 2.24) is 9.66 Å². The summed E-state index contributed by atoms with van der Waals surface area (Å²) in [5, 5.41) is 15.9. The Bertz CT molecular complexity index is 1550. The predicted molar refractivity (Wildman–Crippen MR) is 165 cm³/mol. The maximum Gasteiger partial charge on any atom is 0.282 e. The van der Waals surface area contributed by atoms with Crippen LogP contribution in [0.2, 0.25) is 0 Å². The predicted octanol–water partition coefficient (Wildman–Crippen LogP) is 7.25. The molecule has 0 aliphatic heterocycles. The van der Waals surface area contributed by atoms with Crippen LogP contribution in [0, 0.1) is 17.3 Å². The molecule has 3 aromatic carbocycles. The number of nitro groups is 1. The fourth-order valence-corrected chi connectivity index (χ4v) is 6.05. The number of ether oxygens (including phenoxy) is 1. The molecule has 1 heterocycles. The van der Waals surface area contributed by atoms with Gasteiger partial charge in [0.25, 0.3) is 11.2 Å². The molecule has 4 rings (SSSR count). The summed E-state index contributed by atoms with van der Waals surface area (Å²) in [5.74, 6) is 1.38. The van der Waals surface area contributed by atoms with Gasteiger partial charge in [-0.15, -0.1) is 0 Å². The Morgan fingerprint density at radius 3 is 2.46 bits per heavy atom. The largest absolute Gasteiger partial charge is 0.487 e. The second-order valence-corrected chi connectivity index (χ2v) is 11.6. The minimum atomic E-state index is -0.427. The topological polar surface area (TPSA) is 99.6 Å². The molecule has 0 spiro atoms. The van der Waals surface area contributed by atoms with E-state index in [0.29, 0.717) is 22.5 Å². The number of benzene rings is 3. The van der Waals surface area contributed by atoms with E-state index in [1.165, 1.54) is 16.8 Å². The van der Waals surface area contributed by atoms with Crippen LogP contribution in [-0.4, -0.2) is 20.8 Å². The second kappa shape index (κ2) is 12.0. The zero-order valence-corrected chi connectivity index (χ0v) is 25.7. The van der Waals surface area contributed by atoms with Crippen LogP contribution in [0.5, 0.6) is 5.75 Å². The molecule has 8 nitrogen and oxygen atoms in total. The summed E-state index contributed by atoms with van der Waals surface area (Å²) in [6.07, 6.45) is 2.48. The molecular weight excluding hydrogens is 766 g/mol. The molecule has 0 amide bonds. The lowest BCUT2D eigenvalue weighted by Crippen LogP contribution is -2.23. The molecule has 0 aliphatic rings. The van der Waals surface area contributed by atoms with Gasteiger partial charge >= 0.3 is 0 Å². The maximum absolute atomic E-state index is 13.3. The third-order valence-corrected chi connectivity index (χ3v) is 7.86. The minimum absolute atomic E-state index is 0.0430. The Kier molecular flexibility index (Phi) is 8.95. The number of nitro benzene ring substituents is 1. The highest BCUT2D eigenvalue weighted by Gasteiger charge is 2.16. The minimum Gasteiger partial charge on any atom is -0.487 e. The van der Waals surface area contributed by atoms with Gasteiger partial charge in [-0.05, 0) is 105 Å². The quantitative estimate of drug-likeness (QED) is 0.0812. The Hall–Kier alpha value is -2.39. The average Bonchev–Trinajstić information content (AvgIpc) is 2.87. The van der Waals surface area contributed by atoms with Gasteiger partial charge in [-0.2, -0.15) is 9.78 Å². The van der Waals surface area contributed by atoms with Crippen molar-refractivity contribution in [1.29, 1.82) is 0 Å². The molecule has 11 heteroatoms. The van der Waals surface area contributed by atoms with Gasteiger partial charge in [-0.25, -0.2) is 4.98 Å². The van der Waals surface area contributed by atoms with E-state index in [1.807, 2.05) is 31.2 Å². The number of rotatable bonds is 8. The number of non-ortho nitro benzene ring substituents is 1. The van der Waals surface area contributed by atoms with Crippen LogP contribution in [0.25, 0.3) is 10.9 Å². The van der Waals surface area contributed by atoms with Crippen LogP contribution in [0.3, 0.4) is 0 Å². The normalized spacial score (nSPS) is 12.2. The summed E-state index contributed by atoms with van der Waals surface area (Å²) < 4.78 is 9.97. The van der Waals surface area contributed by atoms with Crippen LogP contribution in [0.15, 0.2) is 69.0 Å². The van der Waals surface area contributed by atoms with Gasteiger partial charge in [0.2, 0.25) is 0 Å². The van der Waals surface area contributed by atoms with Gasteiger partial charge < -0.3 is 4.74 Å². The van der Waals surface area contributed by atoms with E-state index in [-0.39, 0.29) is 23.8 Å². The lowest BCUT2D eigenvalue weighted by atomic mass is 10.1. The van der Waals surface area contributed by atoms with Crippen molar-refractivity contribution in [3.8, 4) is 5.75 Å². The molecule has 1 atom stereocenters. The molecule has 1 aromatic heterocycles. The monoisotopic (exact) mass is 786 g/mol. The zero-order valence-electron chi connectivity index (χ0n) is 19.8. The van der Waals surface area contributed by atoms with Gasteiger partial charge in [0.05, 0.1) is 29.2 Å². The van der Waals surface area contributed by atoms with Crippen LogP contribution < -0.4 is 10.3 Å². The molecule has 0 saturated heterocycles. The molecule has 37 heavy (non-hydrogen) atoms. The van der Waals surface area contributed by atoms with E-state index >= 15 is 0 Å². The van der Waals surface area contributed by atoms with E-state index in [9.17, 15) is 14.9 Å². The van der Waals surface area contributed by atoms with E-state index < -0.39 is 4.92 Å². The molecule has 4 aromatic rings. The first-order valence-electron chi connectivity index (χ1n) is 11.3. The highest BCUT2D eigenvalue weighted by atomic mass is 127. The average molecular weight is 787 g/mol. The van der Waals surface area contributed by atoms with Crippen LogP contribution in [0.4, 0.5) is 5.69 Å². The highest BCUT2D eigenvalue weighted by molar-refractivity contribution is 14.1. The summed E-state index contributed by atoms with van der Waals surface area (Å²) in [5.41, 5.74) is 2.11. The molecule has 0 saturated carbocycles. The molecule has 0 bridgehead atoms. The van der Waals surface area contributed by atoms with E-state index in [4.69, 9.17) is 9.72 Å². The number of fused-ring (bicyclic) bond motifs is 1. The third-order valence-electron chi connectivity index (χ3n) is 5.76. The highest BCUT2D eigenvalue weighted by Crippen LogP contribution is 2.30. The lowest BCUT2D eigenvalue weighted by molar-refractivity contribution is -0.384. The van der Waals surface area contributed by atoms with Crippen molar-refractivity contribution in [2.75, 3.05) is 0 Å². The second-order valence-electron chi connectivity index (χ2n) is 8.33. The SMILES string of the molecule is CC[C@@H](C)c1nc2ccc(Br)cc2c(=O)n1N=Cc1cc(I)c(OCc2ccc([N+](=O)[O-])cc2)c(I)c1. The number of hydrogen-bond donors (Lipinski definition) is 0. The Balaban J connectivity index is 1.62. The summed E-state index contributed by atoms with van der Waals surface area (Å²) in [6, 6.07) is 15.6. The Morgan fingerprint density at radius 1 is 1.16 bits per heavy atom. The van der Waals surface area contributed by atoms with Crippen LogP contribution in [-0.2, 0) is 6.61 Å². The summed E-state index contributed by atoms with van der Waals surface area (Å²) in [7, 11) is 0. The van der Waals surface area contributed by atoms with Crippen molar-refractivity contribution in [2.24, 2.45) is 5.10 Å². The number of hydrogen-bond acceptors (Lipinski definition) is 6. The molecule has 190 valence electrons. The van der Waals surface area contributed by atoms with Crippen LogP contribution in [0.1, 0.15) is 43.1 Å². The first kappa shape index (κ1) is 27.6. The molecule has 0 radical (unpaired) electrons. The standard InChI is InChI=1S/C26H21BrI2N4O4/c1-3-15(2)25-31-23-9-6-18(27)12-20(23)26(34)32(25)30-13-17-10-21(28)24(22(29)11-17)37-14-16-4-7-19(8-5-16)33(35)36/h4-13,15H,3,14H2,1-2H3/t15-/m1/s1. The smallest absolute Gasteiger partial charge is 0.282 e. The zero-order chi connectivity index (χ0) is 26.7. The Morgan fingerprint density at radius 2 is 1.84 bits per heavy atom. The van der Waals surface area contributed by atoms with Gasteiger partial charge in [-0.3, -0.25) is 14.9 Å². The lowest BCUT2D eigenvalue weighted by Gasteiger charge is -2.14. The fraction of sp³-hybridized carbons (Fsp3) is 0.192. The maximum atomic E-state index is 13.3. The van der Waals surface area contributed by atoms with Crippen molar-refractivity contribution >= 4 is 83.9 Å². The van der Waals surface area contributed by atoms with Crippen molar-refractivity contribution in [3.63, 3.8) is 0 Å². The van der Waals surface area contributed by atoms with E-state index in [0.717, 1.165) is 29.2 Å². The van der Waals surface area contributed by atoms with Crippen molar-refractivity contribution < 1.29 is 9.66 Å².